The van der Waals surface area contributed by atoms with Gasteiger partial charge in [-0.25, -0.2) is 0 Å². The quantitative estimate of drug-likeness (QED) is 0.290. The van der Waals surface area contributed by atoms with Crippen LogP contribution < -0.4 is 14.2 Å². The van der Waals surface area contributed by atoms with E-state index in [0.29, 0.717) is 35.4 Å². The second kappa shape index (κ2) is 9.62. The first-order chi connectivity index (χ1) is 15.1. The maximum atomic E-state index is 9.54. The molecule has 2 aromatic carbocycles. The summed E-state index contributed by atoms with van der Waals surface area (Å²) < 4.78 is 17.0. The zero-order valence-corrected chi connectivity index (χ0v) is 19.5. The number of nitriles is 1. The molecule has 0 amide bonds. The number of hydrogen-bond acceptors (Lipinski definition) is 5. The summed E-state index contributed by atoms with van der Waals surface area (Å²) in [6.07, 6.45) is 7.44. The SMILES string of the molecule is CSNC1(CCOc2ccc3c(ccn3-c3cc(Cl)c(OCCCl)c(C#N)c3)c2)CC1. The maximum Gasteiger partial charge on any atom is 0.155 e. The van der Waals surface area contributed by atoms with Crippen molar-refractivity contribution in [3.63, 3.8) is 0 Å². The van der Waals surface area contributed by atoms with Crippen LogP contribution >= 0.6 is 35.1 Å². The molecule has 0 saturated heterocycles. The molecule has 1 aliphatic carbocycles. The van der Waals surface area contributed by atoms with Crippen molar-refractivity contribution in [2.45, 2.75) is 24.8 Å². The minimum atomic E-state index is 0.254. The van der Waals surface area contributed by atoms with Crippen molar-refractivity contribution in [2.24, 2.45) is 0 Å². The molecule has 8 heteroatoms. The Labute approximate surface area is 196 Å². The predicted molar refractivity (Wildman–Crippen MR) is 128 cm³/mol. The smallest absolute Gasteiger partial charge is 0.155 e. The first-order valence-electron chi connectivity index (χ1n) is 10.1. The highest BCUT2D eigenvalue weighted by molar-refractivity contribution is 7.96. The van der Waals surface area contributed by atoms with Gasteiger partial charge in [0.15, 0.2) is 5.75 Å². The lowest BCUT2D eigenvalue weighted by molar-refractivity contribution is 0.290. The minimum Gasteiger partial charge on any atom is -0.494 e. The van der Waals surface area contributed by atoms with E-state index in [4.69, 9.17) is 32.7 Å². The summed E-state index contributed by atoms with van der Waals surface area (Å²) in [7, 11) is 0. The molecule has 0 unspecified atom stereocenters. The summed E-state index contributed by atoms with van der Waals surface area (Å²) in [5.74, 6) is 1.54. The molecule has 0 bridgehead atoms. The van der Waals surface area contributed by atoms with Crippen LogP contribution in [0.25, 0.3) is 16.6 Å². The van der Waals surface area contributed by atoms with Gasteiger partial charge in [-0.3, -0.25) is 4.72 Å². The van der Waals surface area contributed by atoms with Gasteiger partial charge in [0.25, 0.3) is 0 Å². The molecule has 1 saturated carbocycles. The van der Waals surface area contributed by atoms with Crippen molar-refractivity contribution in [3.05, 3.63) is 53.2 Å². The number of hydrogen-bond donors (Lipinski definition) is 1. The van der Waals surface area contributed by atoms with Crippen LogP contribution in [0.5, 0.6) is 11.5 Å². The fourth-order valence-corrected chi connectivity index (χ4v) is 4.74. The van der Waals surface area contributed by atoms with Crippen LogP contribution in [0.3, 0.4) is 0 Å². The summed E-state index contributed by atoms with van der Waals surface area (Å²) in [5.41, 5.74) is 2.43. The van der Waals surface area contributed by atoms with Gasteiger partial charge in [0.1, 0.15) is 18.4 Å². The van der Waals surface area contributed by atoms with Gasteiger partial charge in [0.05, 0.1) is 28.6 Å². The molecule has 1 heterocycles. The van der Waals surface area contributed by atoms with Gasteiger partial charge < -0.3 is 14.0 Å². The van der Waals surface area contributed by atoms with Crippen LogP contribution in [-0.4, -0.2) is 35.5 Å². The molecule has 1 aromatic heterocycles. The molecule has 1 fully saturated rings. The van der Waals surface area contributed by atoms with E-state index in [9.17, 15) is 5.26 Å². The molecule has 0 spiro atoms. The molecular weight excluding hydrogens is 453 g/mol. The zero-order valence-electron chi connectivity index (χ0n) is 17.2. The highest BCUT2D eigenvalue weighted by atomic mass is 35.5. The number of nitrogens with zero attached hydrogens (tertiary/aromatic N) is 2. The number of benzene rings is 2. The average Bonchev–Trinajstić information content (AvgIpc) is 3.40. The van der Waals surface area contributed by atoms with Crippen LogP contribution in [0.1, 0.15) is 24.8 Å². The molecule has 1 N–H and O–H groups in total. The number of aromatic nitrogens is 1. The standard InChI is InChI=1S/C23H23Cl2N3O2S/c1-31-27-23(5-6-23)7-10-29-19-2-3-21-16(13-19)4-9-28(21)18-12-17(15-26)22(20(25)14-18)30-11-8-24/h2-4,9,12-14,27H,5-8,10-11H2,1H3. The molecule has 0 radical (unpaired) electrons. The zero-order chi connectivity index (χ0) is 21.8. The van der Waals surface area contributed by atoms with Crippen molar-refractivity contribution in [1.29, 1.82) is 5.26 Å². The molecule has 0 atom stereocenters. The monoisotopic (exact) mass is 475 g/mol. The van der Waals surface area contributed by atoms with Crippen molar-refractivity contribution in [1.82, 2.24) is 9.29 Å². The average molecular weight is 476 g/mol. The van der Waals surface area contributed by atoms with E-state index in [2.05, 4.69) is 17.0 Å². The molecule has 1 aliphatic rings. The van der Waals surface area contributed by atoms with Gasteiger partial charge in [-0.1, -0.05) is 23.5 Å². The topological polar surface area (TPSA) is 59.2 Å². The van der Waals surface area contributed by atoms with Gasteiger partial charge in [0.2, 0.25) is 0 Å². The Morgan fingerprint density at radius 3 is 2.74 bits per heavy atom. The summed E-state index contributed by atoms with van der Waals surface area (Å²) >= 11 is 13.8. The highest BCUT2D eigenvalue weighted by Gasteiger charge is 2.41. The predicted octanol–water partition coefficient (Wildman–Crippen LogP) is 5.94. The Hall–Kier alpha value is -2.04. The van der Waals surface area contributed by atoms with Crippen LogP contribution in [0.15, 0.2) is 42.6 Å². The van der Waals surface area contributed by atoms with E-state index >= 15 is 0 Å². The first kappa shape index (κ1) is 22.2. The van der Waals surface area contributed by atoms with E-state index in [1.54, 1.807) is 24.1 Å². The molecule has 5 nitrogen and oxygen atoms in total. The first-order valence-corrected chi connectivity index (χ1v) is 12.2. The number of rotatable bonds is 10. The Morgan fingerprint density at radius 2 is 2.03 bits per heavy atom. The third kappa shape index (κ3) is 4.91. The van der Waals surface area contributed by atoms with E-state index in [1.807, 2.05) is 35.0 Å². The van der Waals surface area contributed by atoms with E-state index in [0.717, 1.165) is 28.8 Å². The highest BCUT2D eigenvalue weighted by Crippen LogP contribution is 2.40. The lowest BCUT2D eigenvalue weighted by atomic mass is 10.2. The number of fused-ring (bicyclic) bond motifs is 1. The second-order valence-corrected chi connectivity index (χ2v) is 8.94. The molecule has 4 rings (SSSR count). The van der Waals surface area contributed by atoms with E-state index in [-0.39, 0.29) is 5.54 Å². The second-order valence-electron chi connectivity index (χ2n) is 7.54. The van der Waals surface area contributed by atoms with Gasteiger partial charge >= 0.3 is 0 Å². The molecular formula is C23H23Cl2N3O2S. The largest absolute Gasteiger partial charge is 0.494 e. The third-order valence-electron chi connectivity index (χ3n) is 5.43. The Balaban J connectivity index is 1.53. The molecule has 0 aliphatic heterocycles. The Kier molecular flexibility index (Phi) is 6.88. The Bertz CT molecular complexity index is 1120. The van der Waals surface area contributed by atoms with Crippen molar-refractivity contribution in [3.8, 4) is 23.3 Å². The normalized spacial score (nSPS) is 14.4. The van der Waals surface area contributed by atoms with Gasteiger partial charge in [-0.05, 0) is 55.5 Å². The Morgan fingerprint density at radius 1 is 1.19 bits per heavy atom. The molecule has 31 heavy (non-hydrogen) atoms. The van der Waals surface area contributed by atoms with Crippen LogP contribution in [-0.2, 0) is 0 Å². The lowest BCUT2D eigenvalue weighted by Gasteiger charge is -2.15. The minimum absolute atomic E-state index is 0.254. The maximum absolute atomic E-state index is 9.54. The van der Waals surface area contributed by atoms with Crippen molar-refractivity contribution >= 4 is 46.1 Å². The fourth-order valence-electron chi connectivity index (χ4n) is 3.66. The number of nitrogens with one attached hydrogen (secondary N) is 1. The molecule has 3 aromatic rings. The summed E-state index contributed by atoms with van der Waals surface area (Å²) in [5, 5.41) is 11.0. The third-order valence-corrected chi connectivity index (χ3v) is 6.51. The number of halogens is 2. The van der Waals surface area contributed by atoms with Crippen molar-refractivity contribution in [2.75, 3.05) is 25.3 Å². The van der Waals surface area contributed by atoms with Crippen LogP contribution in [0.2, 0.25) is 5.02 Å². The van der Waals surface area contributed by atoms with Gasteiger partial charge in [0, 0.05) is 29.2 Å². The van der Waals surface area contributed by atoms with Crippen molar-refractivity contribution < 1.29 is 9.47 Å². The van der Waals surface area contributed by atoms with Crippen LogP contribution in [0.4, 0.5) is 0 Å². The van der Waals surface area contributed by atoms with Gasteiger partial charge in [-0.2, -0.15) is 5.26 Å². The van der Waals surface area contributed by atoms with E-state index < -0.39 is 0 Å². The van der Waals surface area contributed by atoms with Gasteiger partial charge in [-0.15, -0.1) is 11.6 Å². The molecule has 162 valence electrons. The van der Waals surface area contributed by atoms with Crippen LogP contribution in [0, 0.1) is 11.3 Å². The summed E-state index contributed by atoms with van der Waals surface area (Å²) in [6, 6.07) is 13.8. The fraction of sp³-hybridized carbons (Fsp3) is 0.348. The lowest BCUT2D eigenvalue weighted by Crippen LogP contribution is -2.26. The van der Waals surface area contributed by atoms with E-state index in [1.165, 1.54) is 12.8 Å². The number of ether oxygens (including phenoxy) is 2. The summed E-state index contributed by atoms with van der Waals surface area (Å²) in [4.78, 5) is 0. The number of alkyl halides is 1. The summed E-state index contributed by atoms with van der Waals surface area (Å²) in [6.45, 7) is 0.976.